The predicted octanol–water partition coefficient (Wildman–Crippen LogP) is 13.2. The lowest BCUT2D eigenvalue weighted by Crippen LogP contribution is -2.10. The first-order valence-corrected chi connectivity index (χ1v) is 16.5. The third kappa shape index (κ3) is 4.46. The SMILES string of the molecule is c1ccc(-c2ccc(N(c3ccc(-c4cccc5ccccc45)cc3)c3cccc4c3sc3c5ccccc5ccc43)cc2)cc1. The Morgan fingerprint density at radius 2 is 0.870 bits per heavy atom. The van der Waals surface area contributed by atoms with E-state index in [1.165, 1.54) is 69.7 Å². The molecule has 1 nitrogen and oxygen atoms in total. The Bertz CT molecular complexity index is 2500. The third-order valence-electron chi connectivity index (χ3n) is 9.07. The lowest BCUT2D eigenvalue weighted by atomic mass is 9.98. The molecule has 0 unspecified atom stereocenters. The predicted molar refractivity (Wildman–Crippen MR) is 200 cm³/mol. The minimum absolute atomic E-state index is 1.13. The summed E-state index contributed by atoms with van der Waals surface area (Å²) >= 11 is 1.90. The zero-order chi connectivity index (χ0) is 30.5. The molecule has 46 heavy (non-hydrogen) atoms. The van der Waals surface area contributed by atoms with Crippen LogP contribution in [0.15, 0.2) is 176 Å². The third-order valence-corrected chi connectivity index (χ3v) is 10.3. The molecule has 0 saturated carbocycles. The van der Waals surface area contributed by atoms with Gasteiger partial charge in [-0.15, -0.1) is 11.3 Å². The molecule has 9 aromatic rings. The normalized spacial score (nSPS) is 11.5. The number of fused-ring (bicyclic) bond motifs is 6. The van der Waals surface area contributed by atoms with E-state index in [1.54, 1.807) is 0 Å². The molecule has 0 aliphatic heterocycles. The molecule has 9 rings (SSSR count). The average Bonchev–Trinajstić information content (AvgIpc) is 3.53. The standard InChI is InChI=1S/C44H29NS/c1-2-10-30(11-3-1)31-20-25-35(26-21-31)45(36-27-22-34(23-28-36)38-17-8-14-32-12-4-6-15-37(32)38)42-19-9-18-40-41-29-24-33-13-5-7-16-39(33)43(41)46-44(40)42/h1-29H. The number of benzene rings is 8. The van der Waals surface area contributed by atoms with Crippen LogP contribution < -0.4 is 4.90 Å². The van der Waals surface area contributed by atoms with Crippen LogP contribution >= 0.6 is 11.3 Å². The number of rotatable bonds is 5. The van der Waals surface area contributed by atoms with Gasteiger partial charge >= 0.3 is 0 Å². The van der Waals surface area contributed by atoms with E-state index in [-0.39, 0.29) is 0 Å². The molecule has 8 aromatic carbocycles. The molecule has 1 aromatic heterocycles. The van der Waals surface area contributed by atoms with Crippen LogP contribution in [0.25, 0.3) is 64.0 Å². The van der Waals surface area contributed by atoms with Crippen molar-refractivity contribution in [1.29, 1.82) is 0 Å². The highest BCUT2D eigenvalue weighted by Crippen LogP contribution is 2.46. The highest BCUT2D eigenvalue weighted by molar-refractivity contribution is 7.27. The summed E-state index contributed by atoms with van der Waals surface area (Å²) in [7, 11) is 0. The molecule has 0 atom stereocenters. The summed E-state index contributed by atoms with van der Waals surface area (Å²) in [4.78, 5) is 2.42. The molecule has 0 N–H and O–H groups in total. The molecule has 1 heterocycles. The van der Waals surface area contributed by atoms with Crippen LogP contribution in [-0.4, -0.2) is 0 Å². The molecule has 0 fully saturated rings. The maximum atomic E-state index is 2.42. The molecule has 0 aliphatic rings. The molecular formula is C44H29NS. The fourth-order valence-corrected chi connectivity index (χ4v) is 8.16. The van der Waals surface area contributed by atoms with E-state index < -0.39 is 0 Å². The second-order valence-electron chi connectivity index (χ2n) is 11.7. The van der Waals surface area contributed by atoms with Crippen molar-refractivity contribution in [3.05, 3.63) is 176 Å². The van der Waals surface area contributed by atoms with Gasteiger partial charge in [-0.1, -0.05) is 146 Å². The van der Waals surface area contributed by atoms with E-state index in [4.69, 9.17) is 0 Å². The number of thiophene rings is 1. The van der Waals surface area contributed by atoms with Crippen LogP contribution in [0.1, 0.15) is 0 Å². The summed E-state index contributed by atoms with van der Waals surface area (Å²) < 4.78 is 2.63. The van der Waals surface area contributed by atoms with Gasteiger partial charge in [0, 0.05) is 26.8 Å². The maximum absolute atomic E-state index is 2.42. The van der Waals surface area contributed by atoms with E-state index in [0.29, 0.717) is 0 Å². The van der Waals surface area contributed by atoms with E-state index in [2.05, 4.69) is 181 Å². The Kier molecular flexibility index (Phi) is 6.40. The van der Waals surface area contributed by atoms with Crippen LogP contribution in [0.4, 0.5) is 17.1 Å². The van der Waals surface area contributed by atoms with Crippen molar-refractivity contribution in [1.82, 2.24) is 0 Å². The topological polar surface area (TPSA) is 3.24 Å². The molecule has 216 valence electrons. The molecule has 0 saturated heterocycles. The molecule has 0 aliphatic carbocycles. The van der Waals surface area contributed by atoms with Crippen molar-refractivity contribution in [2.24, 2.45) is 0 Å². The lowest BCUT2D eigenvalue weighted by Gasteiger charge is -2.26. The Hall–Kier alpha value is -5.70. The van der Waals surface area contributed by atoms with Gasteiger partial charge in [0.05, 0.1) is 10.4 Å². The first kappa shape index (κ1) is 26.7. The molecule has 0 bridgehead atoms. The smallest absolute Gasteiger partial charge is 0.0640 e. The Labute approximate surface area is 272 Å². The molecule has 0 radical (unpaired) electrons. The molecule has 0 spiro atoms. The quantitative estimate of drug-likeness (QED) is 0.189. The summed E-state index contributed by atoms with van der Waals surface area (Å²) in [6.07, 6.45) is 0. The van der Waals surface area contributed by atoms with Crippen molar-refractivity contribution < 1.29 is 0 Å². The number of anilines is 3. The van der Waals surface area contributed by atoms with Crippen LogP contribution in [0.5, 0.6) is 0 Å². The van der Waals surface area contributed by atoms with Crippen LogP contribution in [0, 0.1) is 0 Å². The second-order valence-corrected chi connectivity index (χ2v) is 12.8. The van der Waals surface area contributed by atoms with Crippen molar-refractivity contribution in [3.8, 4) is 22.3 Å². The zero-order valence-corrected chi connectivity index (χ0v) is 25.9. The monoisotopic (exact) mass is 603 g/mol. The Morgan fingerprint density at radius 3 is 1.63 bits per heavy atom. The fraction of sp³-hybridized carbons (Fsp3) is 0. The summed E-state index contributed by atoms with van der Waals surface area (Å²) in [5, 5.41) is 7.72. The van der Waals surface area contributed by atoms with Crippen LogP contribution in [0.3, 0.4) is 0 Å². The van der Waals surface area contributed by atoms with E-state index in [9.17, 15) is 0 Å². The first-order chi connectivity index (χ1) is 22.8. The van der Waals surface area contributed by atoms with Gasteiger partial charge in [-0.05, 0) is 74.1 Å². The van der Waals surface area contributed by atoms with Crippen LogP contribution in [-0.2, 0) is 0 Å². The number of hydrogen-bond acceptors (Lipinski definition) is 2. The van der Waals surface area contributed by atoms with Crippen molar-refractivity contribution in [2.45, 2.75) is 0 Å². The summed E-state index contributed by atoms with van der Waals surface area (Å²) in [6.45, 7) is 0. The zero-order valence-electron chi connectivity index (χ0n) is 25.1. The van der Waals surface area contributed by atoms with Crippen molar-refractivity contribution in [2.75, 3.05) is 4.90 Å². The minimum atomic E-state index is 1.13. The van der Waals surface area contributed by atoms with Crippen molar-refractivity contribution in [3.63, 3.8) is 0 Å². The van der Waals surface area contributed by atoms with Crippen LogP contribution in [0.2, 0.25) is 0 Å². The Balaban J connectivity index is 1.23. The Morgan fingerprint density at radius 1 is 0.326 bits per heavy atom. The van der Waals surface area contributed by atoms with E-state index >= 15 is 0 Å². The summed E-state index contributed by atoms with van der Waals surface area (Å²) in [6, 6.07) is 63.8. The maximum Gasteiger partial charge on any atom is 0.0640 e. The second kappa shape index (κ2) is 11.0. The molecule has 0 amide bonds. The number of nitrogens with zero attached hydrogens (tertiary/aromatic N) is 1. The average molecular weight is 604 g/mol. The fourth-order valence-electron chi connectivity index (χ4n) is 6.82. The van der Waals surface area contributed by atoms with Gasteiger partial charge in [0.2, 0.25) is 0 Å². The van der Waals surface area contributed by atoms with Gasteiger partial charge in [0.15, 0.2) is 0 Å². The van der Waals surface area contributed by atoms with E-state index in [0.717, 1.165) is 11.4 Å². The lowest BCUT2D eigenvalue weighted by molar-refractivity contribution is 1.30. The largest absolute Gasteiger partial charge is 0.309 e. The van der Waals surface area contributed by atoms with Gasteiger partial charge in [-0.25, -0.2) is 0 Å². The van der Waals surface area contributed by atoms with Crippen molar-refractivity contribution >= 4 is 70.1 Å². The van der Waals surface area contributed by atoms with Gasteiger partial charge in [-0.3, -0.25) is 0 Å². The molecule has 2 heteroatoms. The molecular weight excluding hydrogens is 575 g/mol. The highest BCUT2D eigenvalue weighted by atomic mass is 32.1. The summed E-state index contributed by atoms with van der Waals surface area (Å²) in [5.74, 6) is 0. The van der Waals surface area contributed by atoms with E-state index in [1.807, 2.05) is 11.3 Å². The first-order valence-electron chi connectivity index (χ1n) is 15.7. The van der Waals surface area contributed by atoms with Gasteiger partial charge in [0.1, 0.15) is 0 Å². The summed E-state index contributed by atoms with van der Waals surface area (Å²) in [5.41, 5.74) is 8.35. The minimum Gasteiger partial charge on any atom is -0.309 e. The number of hydrogen-bond donors (Lipinski definition) is 0. The van der Waals surface area contributed by atoms with Gasteiger partial charge in [0.25, 0.3) is 0 Å². The van der Waals surface area contributed by atoms with Gasteiger partial charge < -0.3 is 4.90 Å². The highest BCUT2D eigenvalue weighted by Gasteiger charge is 2.19. The van der Waals surface area contributed by atoms with Gasteiger partial charge in [-0.2, -0.15) is 0 Å².